The van der Waals surface area contributed by atoms with E-state index in [1.165, 1.54) is 12.8 Å². The van der Waals surface area contributed by atoms with Crippen LogP contribution in [-0.2, 0) is 16.1 Å². The molecule has 2 aromatic carbocycles. The molecule has 2 fully saturated rings. The number of benzene rings is 2. The molecule has 0 spiro atoms. The van der Waals surface area contributed by atoms with Gasteiger partial charge in [0.1, 0.15) is 0 Å². The van der Waals surface area contributed by atoms with Gasteiger partial charge in [0.15, 0.2) is 11.5 Å². The number of rotatable bonds is 9. The van der Waals surface area contributed by atoms with Gasteiger partial charge in [-0.1, -0.05) is 12.1 Å². The van der Waals surface area contributed by atoms with Crippen LogP contribution in [0.4, 0.5) is 5.69 Å². The van der Waals surface area contributed by atoms with E-state index in [4.69, 9.17) is 20.3 Å². The van der Waals surface area contributed by atoms with Crippen LogP contribution < -0.4 is 20.1 Å². The molecule has 3 aliphatic rings. The summed E-state index contributed by atoms with van der Waals surface area (Å²) >= 11 is 0. The maximum Gasteiger partial charge on any atom is 0.243 e. The smallest absolute Gasteiger partial charge is 0.243 e. The first-order valence-corrected chi connectivity index (χ1v) is 13.9. The summed E-state index contributed by atoms with van der Waals surface area (Å²) in [6.45, 7) is 1.33. The number of hydrazone groups is 1. The second-order valence-electron chi connectivity index (χ2n) is 10.6. The molecule has 0 bridgehead atoms. The van der Waals surface area contributed by atoms with Gasteiger partial charge in [0.05, 0.1) is 25.5 Å². The van der Waals surface area contributed by atoms with Crippen LogP contribution in [0.25, 0.3) is 0 Å². The first kappa shape index (κ1) is 26.1. The van der Waals surface area contributed by atoms with Crippen LogP contribution in [0.3, 0.4) is 0 Å². The first-order chi connectivity index (χ1) is 18.5. The lowest BCUT2D eigenvalue weighted by Gasteiger charge is -2.37. The molecule has 1 saturated heterocycles. The number of carbonyl (C=O) groups is 2. The van der Waals surface area contributed by atoms with E-state index in [0.717, 1.165) is 72.7 Å². The Hall–Kier alpha value is -3.55. The summed E-state index contributed by atoms with van der Waals surface area (Å²) in [6, 6.07) is 14.3. The standard InChI is InChI=1S/C30H38N4O4/c1-37-27-15-11-22(18-28(27)38-25-7-2-3-8-25)26-14-16-30(36)34(32-26)20-21-9-12-23(13-10-21)33-17-5-4-6-24(33)19-29(31)35/h9-13,15,18,24-25H,2-8,14,16-17,19-20H2,1H3,(H2,31,35). The Bertz CT molecular complexity index is 1170. The Kier molecular flexibility index (Phi) is 8.15. The largest absolute Gasteiger partial charge is 0.493 e. The molecule has 1 saturated carbocycles. The summed E-state index contributed by atoms with van der Waals surface area (Å²) in [5.74, 6) is 1.22. The van der Waals surface area contributed by atoms with Crippen LogP contribution in [0.2, 0.25) is 0 Å². The highest BCUT2D eigenvalue weighted by Gasteiger charge is 2.26. The predicted octanol–water partition coefficient (Wildman–Crippen LogP) is 4.78. The van der Waals surface area contributed by atoms with Gasteiger partial charge in [-0.15, -0.1) is 0 Å². The second kappa shape index (κ2) is 11.9. The third-order valence-corrected chi connectivity index (χ3v) is 7.86. The molecule has 0 aromatic heterocycles. The van der Waals surface area contributed by atoms with Gasteiger partial charge in [-0.3, -0.25) is 9.59 Å². The highest BCUT2D eigenvalue weighted by atomic mass is 16.5. The van der Waals surface area contributed by atoms with Crippen molar-refractivity contribution in [3.8, 4) is 11.5 Å². The van der Waals surface area contributed by atoms with Crippen molar-refractivity contribution in [2.24, 2.45) is 10.8 Å². The molecule has 8 heteroatoms. The maximum atomic E-state index is 12.8. The van der Waals surface area contributed by atoms with Crippen LogP contribution in [0.5, 0.6) is 11.5 Å². The number of carbonyl (C=O) groups excluding carboxylic acids is 2. The molecule has 2 aliphatic heterocycles. The number of hydrogen-bond donors (Lipinski definition) is 1. The summed E-state index contributed by atoms with van der Waals surface area (Å²) in [5.41, 5.74) is 9.42. The minimum absolute atomic E-state index is 0.0197. The van der Waals surface area contributed by atoms with Crippen LogP contribution in [-0.4, -0.2) is 48.3 Å². The number of methoxy groups -OCH3 is 1. The predicted molar refractivity (Wildman–Crippen MR) is 147 cm³/mol. The van der Waals surface area contributed by atoms with Crippen LogP contribution in [0.1, 0.15) is 75.3 Å². The summed E-state index contributed by atoms with van der Waals surface area (Å²) < 4.78 is 11.8. The molecule has 2 aromatic rings. The van der Waals surface area contributed by atoms with E-state index in [0.29, 0.717) is 25.8 Å². The normalized spacial score (nSPS) is 20.4. The van der Waals surface area contributed by atoms with Gasteiger partial charge in [-0.05, 0) is 80.8 Å². The van der Waals surface area contributed by atoms with E-state index in [1.54, 1.807) is 12.1 Å². The molecule has 1 atom stereocenters. The molecule has 5 rings (SSSR count). The van der Waals surface area contributed by atoms with Crippen molar-refractivity contribution < 1.29 is 19.1 Å². The lowest BCUT2D eigenvalue weighted by atomic mass is 9.98. The topological polar surface area (TPSA) is 97.5 Å². The Morgan fingerprint density at radius 1 is 1.00 bits per heavy atom. The molecule has 0 radical (unpaired) electrons. The summed E-state index contributed by atoms with van der Waals surface area (Å²) in [6.07, 6.45) is 9.35. The Balaban J connectivity index is 1.30. The fourth-order valence-electron chi connectivity index (χ4n) is 5.82. The monoisotopic (exact) mass is 518 g/mol. The highest BCUT2D eigenvalue weighted by Crippen LogP contribution is 2.34. The minimum Gasteiger partial charge on any atom is -0.493 e. The van der Waals surface area contributed by atoms with E-state index in [9.17, 15) is 9.59 Å². The van der Waals surface area contributed by atoms with Gasteiger partial charge in [0.2, 0.25) is 11.8 Å². The maximum absolute atomic E-state index is 12.8. The van der Waals surface area contributed by atoms with E-state index in [1.807, 2.05) is 30.3 Å². The van der Waals surface area contributed by atoms with Crippen molar-refractivity contribution in [3.63, 3.8) is 0 Å². The van der Waals surface area contributed by atoms with Gasteiger partial charge >= 0.3 is 0 Å². The number of nitrogens with zero attached hydrogens (tertiary/aromatic N) is 3. The molecule has 38 heavy (non-hydrogen) atoms. The number of primary amides is 1. The average molecular weight is 519 g/mol. The lowest BCUT2D eigenvalue weighted by molar-refractivity contribution is -0.132. The van der Waals surface area contributed by atoms with Gasteiger partial charge in [0, 0.05) is 43.1 Å². The third-order valence-electron chi connectivity index (χ3n) is 7.86. The van der Waals surface area contributed by atoms with E-state index in [2.05, 4.69) is 17.0 Å². The van der Waals surface area contributed by atoms with Crippen molar-refractivity contribution in [1.82, 2.24) is 5.01 Å². The fraction of sp³-hybridized carbons (Fsp3) is 0.500. The van der Waals surface area contributed by atoms with Gasteiger partial charge < -0.3 is 20.1 Å². The minimum atomic E-state index is -0.259. The average Bonchev–Trinajstić information content (AvgIpc) is 3.44. The van der Waals surface area contributed by atoms with E-state index >= 15 is 0 Å². The van der Waals surface area contributed by atoms with E-state index < -0.39 is 0 Å². The van der Waals surface area contributed by atoms with Crippen molar-refractivity contribution in [2.75, 3.05) is 18.6 Å². The number of amides is 2. The van der Waals surface area contributed by atoms with Crippen molar-refractivity contribution >= 4 is 23.2 Å². The van der Waals surface area contributed by atoms with Gasteiger partial charge in [-0.25, -0.2) is 5.01 Å². The number of anilines is 1. The molecular weight excluding hydrogens is 480 g/mol. The molecule has 2 N–H and O–H groups in total. The zero-order valence-corrected chi connectivity index (χ0v) is 22.2. The molecule has 8 nitrogen and oxygen atoms in total. The summed E-state index contributed by atoms with van der Waals surface area (Å²) in [4.78, 5) is 26.6. The van der Waals surface area contributed by atoms with Crippen molar-refractivity contribution in [2.45, 2.75) is 82.9 Å². The molecule has 2 heterocycles. The fourth-order valence-corrected chi connectivity index (χ4v) is 5.82. The SMILES string of the molecule is COc1ccc(C2=NN(Cc3ccc(N4CCCCC4CC(N)=O)cc3)C(=O)CC2)cc1OC1CCCC1. The van der Waals surface area contributed by atoms with E-state index in [-0.39, 0.29) is 24.0 Å². The van der Waals surface area contributed by atoms with Crippen LogP contribution >= 0.6 is 0 Å². The summed E-state index contributed by atoms with van der Waals surface area (Å²) in [7, 11) is 1.66. The Labute approximate surface area is 224 Å². The zero-order chi connectivity index (χ0) is 26.5. The zero-order valence-electron chi connectivity index (χ0n) is 22.2. The van der Waals surface area contributed by atoms with Crippen molar-refractivity contribution in [3.05, 3.63) is 53.6 Å². The quantitative estimate of drug-likeness (QED) is 0.515. The molecule has 2 amide bonds. The van der Waals surface area contributed by atoms with Gasteiger partial charge in [-0.2, -0.15) is 5.10 Å². The first-order valence-electron chi connectivity index (χ1n) is 13.9. The molecule has 202 valence electrons. The van der Waals surface area contributed by atoms with Crippen LogP contribution in [0.15, 0.2) is 47.6 Å². The summed E-state index contributed by atoms with van der Waals surface area (Å²) in [5, 5.41) is 6.33. The van der Waals surface area contributed by atoms with Crippen LogP contribution in [0, 0.1) is 0 Å². The molecule has 1 aliphatic carbocycles. The number of nitrogens with two attached hydrogens (primary N) is 1. The second-order valence-corrected chi connectivity index (χ2v) is 10.6. The Morgan fingerprint density at radius 3 is 2.50 bits per heavy atom. The lowest BCUT2D eigenvalue weighted by Crippen LogP contribution is -2.42. The molecule has 1 unspecified atom stereocenters. The third kappa shape index (κ3) is 6.11. The molecular formula is C30H38N4O4. The Morgan fingerprint density at radius 2 is 1.76 bits per heavy atom. The highest BCUT2D eigenvalue weighted by molar-refractivity contribution is 6.04. The number of piperidine rings is 1. The number of hydrogen-bond acceptors (Lipinski definition) is 6. The van der Waals surface area contributed by atoms with Crippen molar-refractivity contribution in [1.29, 1.82) is 0 Å². The van der Waals surface area contributed by atoms with Gasteiger partial charge in [0.25, 0.3) is 0 Å². The number of ether oxygens (including phenoxy) is 2.